The van der Waals surface area contributed by atoms with E-state index >= 15 is 0 Å². The van der Waals surface area contributed by atoms with E-state index in [0.717, 1.165) is 15.0 Å². The maximum absolute atomic E-state index is 7.50. The van der Waals surface area contributed by atoms with Crippen molar-refractivity contribution in [3.05, 3.63) is 87.3 Å². The molecule has 126 valence electrons. The molecule has 0 aliphatic carbocycles. The molecule has 2 radical (unpaired) electrons. The van der Waals surface area contributed by atoms with Crippen LogP contribution in [0.2, 0.25) is 11.6 Å². The van der Waals surface area contributed by atoms with Gasteiger partial charge in [-0.15, -0.1) is 0 Å². The molecule has 23 heavy (non-hydrogen) atoms. The summed E-state index contributed by atoms with van der Waals surface area (Å²) in [6, 6.07) is 20.0. The topological polar surface area (TPSA) is 79.6 Å². The molecule has 0 N–H and O–H groups in total. The average Bonchev–Trinajstić information content (AvgIpc) is 3.33. The zero-order valence-corrected chi connectivity index (χ0v) is 16.6. The van der Waals surface area contributed by atoms with E-state index in [0.29, 0.717) is 0 Å². The predicted octanol–water partition coefficient (Wildman–Crippen LogP) is 3.44. The normalized spacial score (nSPS) is 4.61. The summed E-state index contributed by atoms with van der Waals surface area (Å²) in [7, 11) is 0. The van der Waals surface area contributed by atoms with Gasteiger partial charge in [-0.05, 0) is 0 Å². The second-order valence-corrected chi connectivity index (χ2v) is 4.05. The third-order valence-corrected chi connectivity index (χ3v) is 1.11. The van der Waals surface area contributed by atoms with Gasteiger partial charge in [-0.25, -0.2) is 24.3 Å². The molecule has 4 nitrogen and oxygen atoms in total. The van der Waals surface area contributed by atoms with Crippen LogP contribution in [0.4, 0.5) is 0 Å². The van der Waals surface area contributed by atoms with Gasteiger partial charge in [0.05, 0.1) is 0 Å². The summed E-state index contributed by atoms with van der Waals surface area (Å²) in [5.74, 6) is 4.38. The predicted molar refractivity (Wildman–Crippen MR) is 77.3 cm³/mol. The summed E-state index contributed by atoms with van der Waals surface area (Å²) in [5, 5.41) is 0. The average molecular weight is 461 g/mol. The summed E-state index contributed by atoms with van der Waals surface area (Å²) < 4.78 is 30.0. The van der Waals surface area contributed by atoms with Crippen LogP contribution in [0.3, 0.4) is 0 Å². The van der Waals surface area contributed by atoms with Gasteiger partial charge in [-0.3, -0.25) is 0 Å². The largest absolute Gasteiger partial charge is 0.214 e. The first kappa shape index (κ1) is 43.2. The monoisotopic (exact) mass is 462 g/mol. The summed E-state index contributed by atoms with van der Waals surface area (Å²) in [6.45, 7) is 18.0. The van der Waals surface area contributed by atoms with Crippen LogP contribution in [-0.4, -0.2) is 15.0 Å². The van der Waals surface area contributed by atoms with Crippen molar-refractivity contribution in [3.63, 3.8) is 0 Å². The first-order chi connectivity index (χ1) is 10.4. The molecule has 7 heteroatoms. The van der Waals surface area contributed by atoms with Crippen molar-refractivity contribution in [2.24, 2.45) is 0 Å². The van der Waals surface area contributed by atoms with Gasteiger partial charge in [0.25, 0.3) is 0 Å². The van der Waals surface area contributed by atoms with Gasteiger partial charge in [-0.1, -0.05) is 0 Å². The molecule has 0 amide bonds. The number of hydrogen-bond acceptors (Lipinski definition) is 0. The van der Waals surface area contributed by atoms with Crippen LogP contribution in [0.15, 0.2) is 60.7 Å². The van der Waals surface area contributed by atoms with Gasteiger partial charge in [0.1, 0.15) is 0 Å². The van der Waals surface area contributed by atoms with Gasteiger partial charge < -0.3 is 0 Å². The third kappa shape index (κ3) is 92.2. The van der Waals surface area contributed by atoms with Crippen LogP contribution in [0.25, 0.3) is 0 Å². The van der Waals surface area contributed by atoms with Crippen LogP contribution in [0, 0.1) is 26.6 Å². The Bertz CT molecular complexity index is 294. The fourth-order valence-corrected chi connectivity index (χ4v) is 0.642. The van der Waals surface area contributed by atoms with E-state index in [2.05, 4.69) is 38.2 Å². The Hall–Kier alpha value is -0.782. The SMILES string of the molecule is C[Se]C.[C-]#[O+].[C-]#[O+].[C-]#[O+].[C-]#[O+].[Mn].[Mn].c1cc[cH-]c1.c1cc[cH-]c1. The van der Waals surface area contributed by atoms with Crippen molar-refractivity contribution in [2.75, 3.05) is 0 Å². The Balaban J connectivity index is -0.0000000271. The molecule has 0 saturated carbocycles. The quantitative estimate of drug-likeness (QED) is 0.328. The molecule has 0 saturated heterocycles. The van der Waals surface area contributed by atoms with E-state index in [-0.39, 0.29) is 34.1 Å². The van der Waals surface area contributed by atoms with Crippen molar-refractivity contribution in [3.8, 4) is 0 Å². The van der Waals surface area contributed by atoms with E-state index < -0.39 is 0 Å². The van der Waals surface area contributed by atoms with Crippen molar-refractivity contribution in [1.29, 1.82) is 0 Å². The maximum Gasteiger partial charge on any atom is 0 e. The van der Waals surface area contributed by atoms with Crippen LogP contribution < -0.4 is 0 Å². The molecule has 2 aromatic rings. The molecule has 0 fully saturated rings. The fourth-order valence-electron chi connectivity index (χ4n) is 0.642. The molecular weight excluding hydrogens is 445 g/mol. The molecule has 0 bridgehead atoms. The Morgan fingerprint density at radius 1 is 0.565 bits per heavy atom. The van der Waals surface area contributed by atoms with E-state index in [1.165, 1.54) is 0 Å². The van der Waals surface area contributed by atoms with Crippen LogP contribution in [0.1, 0.15) is 0 Å². The zero-order chi connectivity index (χ0) is 17.8. The molecule has 0 aliphatic heterocycles. The van der Waals surface area contributed by atoms with Crippen molar-refractivity contribution in [1.82, 2.24) is 0 Å². The number of rotatable bonds is 0. The van der Waals surface area contributed by atoms with Crippen LogP contribution in [0.5, 0.6) is 0 Å². The summed E-state index contributed by atoms with van der Waals surface area (Å²) in [5.41, 5.74) is 0. The molecule has 2 rings (SSSR count). The van der Waals surface area contributed by atoms with E-state index in [1.54, 1.807) is 0 Å². The van der Waals surface area contributed by atoms with E-state index in [4.69, 9.17) is 18.6 Å². The Kier molecular flexibility index (Phi) is 156. The van der Waals surface area contributed by atoms with Gasteiger partial charge in [0, 0.05) is 34.1 Å². The van der Waals surface area contributed by atoms with E-state index in [9.17, 15) is 0 Å². The molecule has 0 atom stereocenters. The zero-order valence-electron chi connectivity index (χ0n) is 12.6. The molecule has 2 aromatic carbocycles. The Morgan fingerprint density at radius 2 is 0.696 bits per heavy atom. The van der Waals surface area contributed by atoms with Crippen molar-refractivity contribution >= 4 is 15.0 Å². The summed E-state index contributed by atoms with van der Waals surface area (Å²) >= 11 is 0.875. The molecule has 0 aromatic heterocycles. The van der Waals surface area contributed by atoms with E-state index in [1.807, 2.05) is 60.7 Å². The summed E-state index contributed by atoms with van der Waals surface area (Å²) in [4.78, 5) is 0. The van der Waals surface area contributed by atoms with Gasteiger partial charge >= 0.3 is 71.8 Å². The maximum atomic E-state index is 7.50. The van der Waals surface area contributed by atoms with Gasteiger partial charge in [0.15, 0.2) is 0 Å². The number of hydrogen-bond donors (Lipinski definition) is 0. The Morgan fingerprint density at radius 3 is 0.739 bits per heavy atom. The molecule has 0 spiro atoms. The molecule has 0 heterocycles. The first-order valence-electron chi connectivity index (χ1n) is 4.97. The second-order valence-electron chi connectivity index (χ2n) is 2.33. The standard InChI is InChI=1S/2C5H5.C2H6Se.4CO.2Mn/c2*1-2-4-5-3-1;1-3-2;4*1-2;;/h2*1-5H;1-2H3;;;;;;/q2*-1;;;;;;;. The molecule has 0 unspecified atom stereocenters. The van der Waals surface area contributed by atoms with Crippen molar-refractivity contribution in [2.45, 2.75) is 11.6 Å². The minimum absolute atomic E-state index is 0. The summed E-state index contributed by atoms with van der Waals surface area (Å²) in [6.07, 6.45) is 0. The minimum atomic E-state index is 0. The third-order valence-electron chi connectivity index (χ3n) is 1.11. The minimum Gasteiger partial charge on any atom is -0.214 e. The fraction of sp³-hybridized carbons (Fsp3) is 0.125. The second kappa shape index (κ2) is 83.1. The van der Waals surface area contributed by atoms with Crippen LogP contribution >= 0.6 is 0 Å². The Labute approximate surface area is 166 Å². The van der Waals surface area contributed by atoms with Crippen molar-refractivity contribution < 1.29 is 52.7 Å². The van der Waals surface area contributed by atoms with Gasteiger partial charge in [-0.2, -0.15) is 36.4 Å². The molecule has 0 aliphatic rings. The van der Waals surface area contributed by atoms with Crippen LogP contribution in [-0.2, 0) is 52.7 Å². The van der Waals surface area contributed by atoms with Gasteiger partial charge in [0.2, 0.25) is 0 Å². The smallest absolute Gasteiger partial charge is 0 e. The first-order valence-corrected chi connectivity index (χ1v) is 8.39. The molecular formula is C16H16Mn2O4Se-2.